The minimum atomic E-state index is -4.71. The molecule has 0 fully saturated rings. The zero-order valence-corrected chi connectivity index (χ0v) is 14.4. The molecule has 1 N–H and O–H groups in total. The van der Waals surface area contributed by atoms with Crippen LogP contribution in [0.1, 0.15) is 35.4 Å². The average Bonchev–Trinajstić information content (AvgIpc) is 2.76. The van der Waals surface area contributed by atoms with Crippen molar-refractivity contribution in [2.24, 2.45) is 0 Å². The van der Waals surface area contributed by atoms with Crippen LogP contribution in [0.2, 0.25) is 5.15 Å². The molecule has 0 spiro atoms. The van der Waals surface area contributed by atoms with Gasteiger partial charge < -0.3 is 10.0 Å². The van der Waals surface area contributed by atoms with E-state index in [1.807, 2.05) is 0 Å². The molecule has 0 unspecified atom stereocenters. The largest absolute Gasteiger partial charge is 0.433 e. The third-order valence-corrected chi connectivity index (χ3v) is 4.52. The Bertz CT molecular complexity index is 915. The van der Waals surface area contributed by atoms with E-state index < -0.39 is 47.1 Å². The highest BCUT2D eigenvalue weighted by atomic mass is 35.5. The van der Waals surface area contributed by atoms with Gasteiger partial charge in [-0.25, -0.2) is 4.98 Å². The number of carbonyl (C=O) groups excluding carboxylic acids is 1. The van der Waals surface area contributed by atoms with Gasteiger partial charge in [-0.3, -0.25) is 4.79 Å². The lowest BCUT2D eigenvalue weighted by Gasteiger charge is -2.18. The molecule has 3 rings (SSSR count). The Kier molecular flexibility index (Phi) is 4.63. The van der Waals surface area contributed by atoms with Gasteiger partial charge in [-0.1, -0.05) is 29.8 Å². The SMILES string of the molecule is C[C@H](O)c1cccc2c1C(F)(F)C(=O)N2Cc1ccc(C(F)(F)F)nc1Cl. The lowest BCUT2D eigenvalue weighted by Crippen LogP contribution is -2.34. The Labute approximate surface area is 155 Å². The molecule has 1 aliphatic rings. The van der Waals surface area contributed by atoms with Crippen molar-refractivity contribution in [1.29, 1.82) is 0 Å². The third kappa shape index (κ3) is 3.25. The van der Waals surface area contributed by atoms with Gasteiger partial charge >= 0.3 is 18.0 Å². The summed E-state index contributed by atoms with van der Waals surface area (Å²) in [7, 11) is 0. The Balaban J connectivity index is 2.03. The number of aliphatic hydroxyl groups excluding tert-OH is 1. The van der Waals surface area contributed by atoms with E-state index in [-0.39, 0.29) is 16.8 Å². The highest BCUT2D eigenvalue weighted by Gasteiger charge is 2.54. The zero-order valence-electron chi connectivity index (χ0n) is 13.7. The predicted octanol–water partition coefficient (Wildman–Crippen LogP) is 4.45. The summed E-state index contributed by atoms with van der Waals surface area (Å²) in [6.07, 6.45) is -5.95. The number of fused-ring (bicyclic) bond motifs is 1. The molecule has 27 heavy (non-hydrogen) atoms. The number of aromatic nitrogens is 1. The molecule has 1 aromatic heterocycles. The van der Waals surface area contributed by atoms with Gasteiger partial charge in [0, 0.05) is 5.56 Å². The maximum Gasteiger partial charge on any atom is 0.433 e. The maximum atomic E-state index is 14.5. The Morgan fingerprint density at radius 3 is 2.48 bits per heavy atom. The normalized spacial score (nSPS) is 17.2. The second-order valence-electron chi connectivity index (χ2n) is 6.03. The van der Waals surface area contributed by atoms with Crippen molar-refractivity contribution in [3.8, 4) is 0 Å². The van der Waals surface area contributed by atoms with Crippen LogP contribution in [0.15, 0.2) is 30.3 Å². The molecule has 0 bridgehead atoms. The van der Waals surface area contributed by atoms with Crippen molar-refractivity contribution >= 4 is 23.2 Å². The van der Waals surface area contributed by atoms with Gasteiger partial charge in [-0.05, 0) is 24.6 Å². The molecule has 2 heterocycles. The topological polar surface area (TPSA) is 53.4 Å². The molecule has 0 radical (unpaired) electrons. The molecule has 10 heteroatoms. The van der Waals surface area contributed by atoms with Crippen LogP contribution in [0.4, 0.5) is 27.6 Å². The summed E-state index contributed by atoms with van der Waals surface area (Å²) >= 11 is 5.76. The molecular weight excluding hydrogens is 395 g/mol. The fourth-order valence-electron chi connectivity index (χ4n) is 2.92. The van der Waals surface area contributed by atoms with Crippen molar-refractivity contribution in [2.45, 2.75) is 31.7 Å². The second kappa shape index (κ2) is 6.42. The van der Waals surface area contributed by atoms with Crippen LogP contribution >= 0.6 is 11.6 Å². The summed E-state index contributed by atoms with van der Waals surface area (Å²) in [6.45, 7) is 0.796. The van der Waals surface area contributed by atoms with Gasteiger partial charge in [0.1, 0.15) is 10.8 Å². The first-order chi connectivity index (χ1) is 12.4. The Hall–Kier alpha value is -2.26. The number of anilines is 1. The summed E-state index contributed by atoms with van der Waals surface area (Å²) in [5, 5.41) is 9.19. The van der Waals surface area contributed by atoms with Crippen molar-refractivity contribution in [1.82, 2.24) is 4.98 Å². The molecule has 0 saturated carbocycles. The predicted molar refractivity (Wildman–Crippen MR) is 86.4 cm³/mol. The number of alkyl halides is 5. The molecule has 1 aromatic carbocycles. The monoisotopic (exact) mass is 406 g/mol. The summed E-state index contributed by atoms with van der Waals surface area (Å²) in [5.74, 6) is -5.43. The molecule has 4 nitrogen and oxygen atoms in total. The van der Waals surface area contributed by atoms with Crippen LogP contribution in [-0.4, -0.2) is 16.0 Å². The maximum absolute atomic E-state index is 14.5. The van der Waals surface area contributed by atoms with E-state index in [1.54, 1.807) is 0 Å². The molecule has 1 amide bonds. The number of benzene rings is 1. The first-order valence-corrected chi connectivity index (χ1v) is 8.06. The lowest BCUT2D eigenvalue weighted by molar-refractivity contribution is -0.142. The summed E-state index contributed by atoms with van der Waals surface area (Å²) < 4.78 is 67.1. The number of amides is 1. The molecule has 1 aliphatic heterocycles. The van der Waals surface area contributed by atoms with Crippen molar-refractivity contribution in [2.75, 3.05) is 4.90 Å². The summed E-state index contributed by atoms with van der Waals surface area (Å²) in [5.41, 5.74) is -2.12. The summed E-state index contributed by atoms with van der Waals surface area (Å²) in [6, 6.07) is 5.59. The number of halogens is 6. The smallest absolute Gasteiger partial charge is 0.389 e. The van der Waals surface area contributed by atoms with Crippen LogP contribution in [0.3, 0.4) is 0 Å². The summed E-state index contributed by atoms with van der Waals surface area (Å²) in [4.78, 5) is 16.2. The molecule has 2 aromatic rings. The average molecular weight is 407 g/mol. The third-order valence-electron chi connectivity index (χ3n) is 4.19. The van der Waals surface area contributed by atoms with E-state index in [2.05, 4.69) is 4.98 Å². The minimum Gasteiger partial charge on any atom is -0.389 e. The van der Waals surface area contributed by atoms with E-state index in [1.165, 1.54) is 25.1 Å². The van der Waals surface area contributed by atoms with Crippen molar-refractivity contribution < 1.29 is 31.9 Å². The first kappa shape index (κ1) is 19.5. The minimum absolute atomic E-state index is 0.0240. The van der Waals surface area contributed by atoms with E-state index in [0.29, 0.717) is 6.07 Å². The zero-order chi connectivity index (χ0) is 20.1. The van der Waals surface area contributed by atoms with Gasteiger partial charge in [0.2, 0.25) is 0 Å². The first-order valence-electron chi connectivity index (χ1n) is 7.68. The quantitative estimate of drug-likeness (QED) is 0.605. The van der Waals surface area contributed by atoms with Gasteiger partial charge in [0.05, 0.1) is 23.9 Å². The van der Waals surface area contributed by atoms with Crippen LogP contribution in [0.5, 0.6) is 0 Å². The number of carbonyl (C=O) groups is 1. The van der Waals surface area contributed by atoms with Crippen molar-refractivity contribution in [3.63, 3.8) is 0 Å². The number of hydrogen-bond acceptors (Lipinski definition) is 3. The van der Waals surface area contributed by atoms with E-state index in [0.717, 1.165) is 11.0 Å². The van der Waals surface area contributed by atoms with Crippen molar-refractivity contribution in [3.05, 3.63) is 57.9 Å². The number of rotatable bonds is 3. The highest BCUT2D eigenvalue weighted by Crippen LogP contribution is 2.48. The molecule has 144 valence electrons. The van der Waals surface area contributed by atoms with Crippen LogP contribution < -0.4 is 4.90 Å². The number of aliphatic hydroxyl groups is 1. The Morgan fingerprint density at radius 1 is 1.26 bits per heavy atom. The van der Waals surface area contributed by atoms with E-state index in [9.17, 15) is 31.9 Å². The molecule has 0 aliphatic carbocycles. The molecule has 0 saturated heterocycles. The van der Waals surface area contributed by atoms with Gasteiger partial charge in [0.25, 0.3) is 0 Å². The van der Waals surface area contributed by atoms with Crippen LogP contribution in [-0.2, 0) is 23.4 Å². The fraction of sp³-hybridized carbons (Fsp3) is 0.294. The van der Waals surface area contributed by atoms with Crippen LogP contribution in [0, 0.1) is 0 Å². The van der Waals surface area contributed by atoms with Gasteiger partial charge in [0.15, 0.2) is 0 Å². The number of nitrogens with zero attached hydrogens (tertiary/aromatic N) is 2. The second-order valence-corrected chi connectivity index (χ2v) is 6.39. The fourth-order valence-corrected chi connectivity index (χ4v) is 3.14. The molecular formula is C17H12ClF5N2O2. The Morgan fingerprint density at radius 2 is 1.93 bits per heavy atom. The number of pyridine rings is 1. The van der Waals surface area contributed by atoms with Gasteiger partial charge in [-0.2, -0.15) is 22.0 Å². The van der Waals surface area contributed by atoms with Gasteiger partial charge in [-0.15, -0.1) is 0 Å². The van der Waals surface area contributed by atoms with Crippen LogP contribution in [0.25, 0.3) is 0 Å². The van der Waals surface area contributed by atoms with E-state index >= 15 is 0 Å². The standard InChI is InChI=1S/C17H12ClF5N2O2/c1-8(26)10-3-2-4-11-13(10)16(19,20)15(27)25(11)7-9-5-6-12(17(21,22)23)24-14(9)18/h2-6,8,26H,7H2,1H3/t8-/m0/s1. The lowest BCUT2D eigenvalue weighted by atomic mass is 9.98. The van der Waals surface area contributed by atoms with E-state index in [4.69, 9.17) is 11.6 Å². The molecule has 1 atom stereocenters. The highest BCUT2D eigenvalue weighted by molar-refractivity contribution is 6.30. The number of hydrogen-bond donors (Lipinski definition) is 1.